The molecule has 0 N–H and O–H groups in total. The van der Waals surface area contributed by atoms with Gasteiger partial charge in [0.15, 0.2) is 5.82 Å². The molecule has 0 bridgehead atoms. The van der Waals surface area contributed by atoms with Crippen molar-refractivity contribution in [2.24, 2.45) is 0 Å². The minimum Gasteiger partial charge on any atom is -0.254 e. The summed E-state index contributed by atoms with van der Waals surface area (Å²) in [6.07, 6.45) is 0.592. The third kappa shape index (κ3) is 1.59. The smallest absolute Gasteiger partial charge is 0.152 e. The number of aryl methyl sites for hydroxylation is 2. The lowest BCUT2D eigenvalue weighted by Crippen LogP contribution is -1.98. The van der Waals surface area contributed by atoms with Crippen LogP contribution in [0.25, 0.3) is 10.8 Å². The van der Waals surface area contributed by atoms with Gasteiger partial charge >= 0.3 is 0 Å². The summed E-state index contributed by atoms with van der Waals surface area (Å²) in [6, 6.07) is 5.25. The Labute approximate surface area is 92.9 Å². The van der Waals surface area contributed by atoms with E-state index in [2.05, 4.69) is 4.98 Å². The summed E-state index contributed by atoms with van der Waals surface area (Å²) >= 11 is 6.02. The lowest BCUT2D eigenvalue weighted by molar-refractivity contribution is 0.613. The first-order valence-electron chi connectivity index (χ1n) is 4.88. The lowest BCUT2D eigenvalue weighted by Gasteiger charge is -2.08. The molecule has 0 unspecified atom stereocenters. The molecule has 1 nitrogen and oxygen atoms in total. The third-order valence-electron chi connectivity index (χ3n) is 2.50. The Kier molecular flexibility index (Phi) is 2.61. The fourth-order valence-electron chi connectivity index (χ4n) is 1.77. The van der Waals surface area contributed by atoms with Gasteiger partial charge in [-0.05, 0) is 19.4 Å². The second-order valence-corrected chi connectivity index (χ2v) is 3.88. The van der Waals surface area contributed by atoms with Gasteiger partial charge in [0, 0.05) is 16.5 Å². The minimum atomic E-state index is -0.249. The second-order valence-electron chi connectivity index (χ2n) is 3.47. The zero-order chi connectivity index (χ0) is 11.0. The summed E-state index contributed by atoms with van der Waals surface area (Å²) in [6.45, 7) is 3.74. The van der Waals surface area contributed by atoms with Crippen molar-refractivity contribution in [1.29, 1.82) is 0 Å². The van der Waals surface area contributed by atoms with Crippen LogP contribution in [0.2, 0.25) is 5.02 Å². The number of nitrogens with zero attached hydrogens (tertiary/aromatic N) is 1. The molecule has 0 spiro atoms. The van der Waals surface area contributed by atoms with E-state index in [1.807, 2.05) is 13.8 Å². The van der Waals surface area contributed by atoms with Crippen LogP contribution in [-0.4, -0.2) is 4.98 Å². The average Bonchev–Trinajstić information content (AvgIpc) is 2.23. The largest absolute Gasteiger partial charge is 0.254 e. The van der Waals surface area contributed by atoms with E-state index in [0.29, 0.717) is 27.9 Å². The Hall–Kier alpha value is -1.15. The van der Waals surface area contributed by atoms with Crippen molar-refractivity contribution in [3.05, 3.63) is 40.4 Å². The summed E-state index contributed by atoms with van der Waals surface area (Å²) in [5, 5.41) is 1.83. The number of halogens is 2. The summed E-state index contributed by atoms with van der Waals surface area (Å²) in [4.78, 5) is 4.22. The van der Waals surface area contributed by atoms with Crippen molar-refractivity contribution in [3.8, 4) is 0 Å². The van der Waals surface area contributed by atoms with E-state index in [4.69, 9.17) is 11.6 Å². The molecule has 0 fully saturated rings. The van der Waals surface area contributed by atoms with Gasteiger partial charge in [0.05, 0.1) is 10.7 Å². The van der Waals surface area contributed by atoms with E-state index in [1.165, 1.54) is 0 Å². The van der Waals surface area contributed by atoms with Crippen LogP contribution in [0.1, 0.15) is 18.3 Å². The zero-order valence-corrected chi connectivity index (χ0v) is 9.40. The molecule has 1 aromatic heterocycles. The molecule has 2 rings (SSSR count). The molecule has 15 heavy (non-hydrogen) atoms. The van der Waals surface area contributed by atoms with E-state index in [9.17, 15) is 4.39 Å². The molecule has 0 atom stereocenters. The number of benzene rings is 1. The van der Waals surface area contributed by atoms with Crippen LogP contribution in [0.15, 0.2) is 18.2 Å². The van der Waals surface area contributed by atoms with Crippen LogP contribution in [0, 0.1) is 12.7 Å². The molecule has 2 aromatic rings. The molecule has 3 heteroatoms. The van der Waals surface area contributed by atoms with Crippen molar-refractivity contribution in [2.45, 2.75) is 20.3 Å². The molecule has 0 radical (unpaired) electrons. The molecule has 0 saturated carbocycles. The van der Waals surface area contributed by atoms with E-state index in [-0.39, 0.29) is 5.82 Å². The highest BCUT2D eigenvalue weighted by molar-refractivity contribution is 6.35. The first-order valence-corrected chi connectivity index (χ1v) is 5.26. The summed E-state index contributed by atoms with van der Waals surface area (Å²) < 4.78 is 13.9. The zero-order valence-electron chi connectivity index (χ0n) is 8.64. The minimum absolute atomic E-state index is 0.249. The Bertz CT molecular complexity index is 523. The number of rotatable bonds is 1. The molecular formula is C12H11ClFN. The Morgan fingerprint density at radius 3 is 2.80 bits per heavy atom. The van der Waals surface area contributed by atoms with Crippen LogP contribution >= 0.6 is 11.6 Å². The van der Waals surface area contributed by atoms with Gasteiger partial charge in [-0.25, -0.2) is 4.39 Å². The van der Waals surface area contributed by atoms with Gasteiger partial charge in [-0.1, -0.05) is 30.7 Å². The molecule has 78 valence electrons. The number of hydrogen-bond donors (Lipinski definition) is 0. The fraction of sp³-hybridized carbons (Fsp3) is 0.250. The van der Waals surface area contributed by atoms with Crippen molar-refractivity contribution in [2.75, 3.05) is 0 Å². The van der Waals surface area contributed by atoms with Crippen LogP contribution < -0.4 is 0 Å². The monoisotopic (exact) mass is 223 g/mol. The van der Waals surface area contributed by atoms with Gasteiger partial charge in [-0.2, -0.15) is 0 Å². The highest BCUT2D eigenvalue weighted by Crippen LogP contribution is 2.28. The van der Waals surface area contributed by atoms with Crippen molar-refractivity contribution in [1.82, 2.24) is 4.98 Å². The molecular weight excluding hydrogens is 213 g/mol. The molecule has 0 aliphatic carbocycles. The predicted octanol–water partition coefficient (Wildman–Crippen LogP) is 3.90. The van der Waals surface area contributed by atoms with Crippen LogP contribution in [-0.2, 0) is 6.42 Å². The fourth-order valence-corrected chi connectivity index (χ4v) is 2.08. The SMILES string of the molecule is CCc1nc(C)c2c(Cl)cccc2c1F. The Balaban J connectivity index is 2.93. The van der Waals surface area contributed by atoms with Crippen LogP contribution in [0.4, 0.5) is 4.39 Å². The lowest BCUT2D eigenvalue weighted by atomic mass is 10.1. The average molecular weight is 224 g/mol. The standard InChI is InChI=1S/C12H11ClFN/c1-3-10-12(14)8-5-4-6-9(13)11(8)7(2)15-10/h4-6H,3H2,1-2H3. The number of hydrogen-bond acceptors (Lipinski definition) is 1. The maximum absolute atomic E-state index is 13.9. The maximum Gasteiger partial charge on any atom is 0.152 e. The van der Waals surface area contributed by atoms with Crippen molar-refractivity contribution < 1.29 is 4.39 Å². The highest BCUT2D eigenvalue weighted by atomic mass is 35.5. The highest BCUT2D eigenvalue weighted by Gasteiger charge is 2.12. The molecule has 0 aliphatic heterocycles. The first-order chi connectivity index (χ1) is 7.15. The number of pyridine rings is 1. The normalized spacial score (nSPS) is 10.9. The summed E-state index contributed by atoms with van der Waals surface area (Å²) in [5.74, 6) is -0.249. The van der Waals surface area contributed by atoms with Gasteiger partial charge in [0.25, 0.3) is 0 Å². The van der Waals surface area contributed by atoms with Crippen LogP contribution in [0.5, 0.6) is 0 Å². The number of aromatic nitrogens is 1. The first kappa shape index (κ1) is 10.4. The second kappa shape index (κ2) is 3.78. The van der Waals surface area contributed by atoms with E-state index in [0.717, 1.165) is 5.69 Å². The molecule has 1 aromatic carbocycles. The van der Waals surface area contributed by atoms with E-state index >= 15 is 0 Å². The summed E-state index contributed by atoms with van der Waals surface area (Å²) in [7, 11) is 0. The topological polar surface area (TPSA) is 12.9 Å². The van der Waals surface area contributed by atoms with Gasteiger partial charge < -0.3 is 0 Å². The summed E-state index contributed by atoms with van der Waals surface area (Å²) in [5.41, 5.74) is 1.29. The van der Waals surface area contributed by atoms with Crippen LogP contribution in [0.3, 0.4) is 0 Å². The Morgan fingerprint density at radius 2 is 2.13 bits per heavy atom. The van der Waals surface area contributed by atoms with Crippen molar-refractivity contribution in [3.63, 3.8) is 0 Å². The maximum atomic E-state index is 13.9. The molecule has 0 amide bonds. The molecule has 0 saturated heterocycles. The van der Waals surface area contributed by atoms with Gasteiger partial charge in [0.2, 0.25) is 0 Å². The predicted molar refractivity (Wildman–Crippen MR) is 60.8 cm³/mol. The quantitative estimate of drug-likeness (QED) is 0.715. The Morgan fingerprint density at radius 1 is 1.40 bits per heavy atom. The van der Waals surface area contributed by atoms with Gasteiger partial charge in [-0.3, -0.25) is 4.98 Å². The third-order valence-corrected chi connectivity index (χ3v) is 2.82. The van der Waals surface area contributed by atoms with Gasteiger partial charge in [0.1, 0.15) is 0 Å². The van der Waals surface area contributed by atoms with Crippen molar-refractivity contribution >= 4 is 22.4 Å². The molecule has 0 aliphatic rings. The number of fused-ring (bicyclic) bond motifs is 1. The van der Waals surface area contributed by atoms with E-state index < -0.39 is 0 Å². The molecule has 1 heterocycles. The van der Waals surface area contributed by atoms with Gasteiger partial charge in [-0.15, -0.1) is 0 Å². The van der Waals surface area contributed by atoms with E-state index in [1.54, 1.807) is 18.2 Å².